The number of aromatic amines is 1. The Morgan fingerprint density at radius 1 is 1.14 bits per heavy atom. The molecule has 1 unspecified atom stereocenters. The number of H-pyrrole nitrogens is 1. The number of fused-ring (bicyclic) bond motifs is 1. The van der Waals surface area contributed by atoms with Gasteiger partial charge in [0.15, 0.2) is 0 Å². The van der Waals surface area contributed by atoms with Crippen LogP contribution in [0.25, 0.3) is 11.6 Å². The molecule has 0 saturated heterocycles. The van der Waals surface area contributed by atoms with E-state index in [0.29, 0.717) is 46.7 Å². The van der Waals surface area contributed by atoms with E-state index in [2.05, 4.69) is 15.6 Å². The lowest BCUT2D eigenvalue weighted by atomic mass is 9.98. The van der Waals surface area contributed by atoms with Crippen LogP contribution in [0, 0.1) is 6.92 Å². The van der Waals surface area contributed by atoms with Gasteiger partial charge in [-0.2, -0.15) is 0 Å². The van der Waals surface area contributed by atoms with Gasteiger partial charge in [-0.25, -0.2) is 0 Å². The number of carbonyl (C=O) groups is 3. The summed E-state index contributed by atoms with van der Waals surface area (Å²) in [4.78, 5) is 40.5. The van der Waals surface area contributed by atoms with E-state index in [1.54, 1.807) is 30.3 Å². The molecular formula is C29H30ClN3O4. The second-order valence-corrected chi connectivity index (χ2v) is 9.57. The molecule has 0 bridgehead atoms. The van der Waals surface area contributed by atoms with Crippen molar-refractivity contribution in [1.29, 1.82) is 0 Å². The van der Waals surface area contributed by atoms with Crippen molar-refractivity contribution in [3.63, 3.8) is 0 Å². The third-order valence-corrected chi connectivity index (χ3v) is 6.96. The molecule has 8 heteroatoms. The molecule has 37 heavy (non-hydrogen) atoms. The summed E-state index contributed by atoms with van der Waals surface area (Å²) in [5.74, 6) is -1.34. The van der Waals surface area contributed by atoms with Gasteiger partial charge < -0.3 is 20.7 Å². The Hall–Kier alpha value is -3.84. The monoisotopic (exact) mass is 519 g/mol. The van der Waals surface area contributed by atoms with Crippen molar-refractivity contribution in [2.75, 3.05) is 5.32 Å². The number of aryl methyl sites for hydroxylation is 1. The zero-order chi connectivity index (χ0) is 26.7. The Balaban J connectivity index is 1.64. The molecule has 1 aromatic heterocycles. The fourth-order valence-electron chi connectivity index (χ4n) is 4.84. The van der Waals surface area contributed by atoms with E-state index in [4.69, 9.17) is 16.7 Å². The number of rotatable bonds is 9. The minimum Gasteiger partial charge on any atom is -0.481 e. The van der Waals surface area contributed by atoms with E-state index >= 15 is 0 Å². The summed E-state index contributed by atoms with van der Waals surface area (Å²) in [6, 6.07) is 12.4. The molecule has 3 aromatic rings. The van der Waals surface area contributed by atoms with Crippen LogP contribution in [-0.2, 0) is 22.4 Å². The van der Waals surface area contributed by atoms with E-state index in [9.17, 15) is 14.4 Å². The van der Waals surface area contributed by atoms with Crippen LogP contribution in [-0.4, -0.2) is 27.9 Å². The second kappa shape index (κ2) is 11.0. The van der Waals surface area contributed by atoms with Gasteiger partial charge in [-0.3, -0.25) is 14.4 Å². The molecular weight excluding hydrogens is 490 g/mol. The number of anilines is 1. The first kappa shape index (κ1) is 26.2. The van der Waals surface area contributed by atoms with Crippen molar-refractivity contribution in [2.24, 2.45) is 0 Å². The molecule has 4 N–H and O–H groups in total. The molecule has 192 valence electrons. The van der Waals surface area contributed by atoms with Gasteiger partial charge in [-0.1, -0.05) is 37.6 Å². The third kappa shape index (κ3) is 5.62. The highest BCUT2D eigenvalue weighted by Gasteiger charge is 2.27. The first-order valence-corrected chi connectivity index (χ1v) is 12.8. The van der Waals surface area contributed by atoms with Crippen LogP contribution in [0.3, 0.4) is 0 Å². The lowest BCUT2D eigenvalue weighted by molar-refractivity contribution is -0.137. The molecule has 0 saturated carbocycles. The van der Waals surface area contributed by atoms with Gasteiger partial charge >= 0.3 is 5.97 Å². The van der Waals surface area contributed by atoms with Gasteiger partial charge in [0, 0.05) is 39.6 Å². The van der Waals surface area contributed by atoms with Crippen molar-refractivity contribution >= 4 is 46.7 Å². The smallest absolute Gasteiger partial charge is 0.303 e. The van der Waals surface area contributed by atoms with Gasteiger partial charge in [0.2, 0.25) is 0 Å². The highest BCUT2D eigenvalue weighted by atomic mass is 35.5. The number of aromatic nitrogens is 1. The summed E-state index contributed by atoms with van der Waals surface area (Å²) < 4.78 is 0. The summed E-state index contributed by atoms with van der Waals surface area (Å²) in [5, 5.41) is 15.7. The molecule has 7 nitrogen and oxygen atoms in total. The Labute approximate surface area is 220 Å². The van der Waals surface area contributed by atoms with Crippen LogP contribution >= 0.6 is 11.6 Å². The van der Waals surface area contributed by atoms with Gasteiger partial charge in [0.25, 0.3) is 11.8 Å². The average molecular weight is 520 g/mol. The largest absolute Gasteiger partial charge is 0.481 e. The number of nitrogens with one attached hydrogen (secondary N) is 3. The van der Waals surface area contributed by atoms with Crippen LogP contribution in [0.5, 0.6) is 0 Å². The van der Waals surface area contributed by atoms with Crippen LogP contribution < -0.4 is 10.6 Å². The summed E-state index contributed by atoms with van der Waals surface area (Å²) in [5.41, 5.74) is 6.74. The number of aliphatic carboxylic acids is 1. The van der Waals surface area contributed by atoms with Crippen molar-refractivity contribution in [3.8, 4) is 0 Å². The van der Waals surface area contributed by atoms with E-state index in [1.165, 1.54) is 0 Å². The molecule has 1 aliphatic rings. The number of hydrogen-bond donors (Lipinski definition) is 4. The standard InChI is InChI=1S/C29H30ClN3O4/c1-4-20-21(10-12-27(34)35)16(3)31-26(20)15-23-22-14-18(9-11-25(22)33-29(23)37)28(36)32-24(5-2)17-7-6-8-19(30)13-17/h6-9,11,13-15,24,31H,4-5,10,12H2,1-3H3,(H,32,36)(H,33,37)(H,34,35)/b23-15-. The molecule has 0 radical (unpaired) electrons. The maximum Gasteiger partial charge on any atom is 0.303 e. The van der Waals surface area contributed by atoms with Gasteiger partial charge in [0.1, 0.15) is 0 Å². The zero-order valence-corrected chi connectivity index (χ0v) is 21.8. The summed E-state index contributed by atoms with van der Waals surface area (Å²) in [6.45, 7) is 5.91. The fourth-order valence-corrected chi connectivity index (χ4v) is 5.04. The van der Waals surface area contributed by atoms with Gasteiger partial charge in [-0.15, -0.1) is 0 Å². The normalized spacial score (nSPS) is 14.4. The van der Waals surface area contributed by atoms with E-state index < -0.39 is 5.97 Å². The van der Waals surface area contributed by atoms with Gasteiger partial charge in [0.05, 0.1) is 11.6 Å². The fraction of sp³-hybridized carbons (Fsp3) is 0.276. The molecule has 2 amide bonds. The highest BCUT2D eigenvalue weighted by Crippen LogP contribution is 2.35. The predicted octanol–water partition coefficient (Wildman–Crippen LogP) is 5.93. The van der Waals surface area contributed by atoms with Crippen molar-refractivity contribution < 1.29 is 19.5 Å². The van der Waals surface area contributed by atoms with Crippen LogP contribution in [0.1, 0.15) is 76.7 Å². The molecule has 0 spiro atoms. The first-order valence-electron chi connectivity index (χ1n) is 12.4. The van der Waals surface area contributed by atoms with Crippen molar-refractivity contribution in [3.05, 3.63) is 86.7 Å². The molecule has 0 fully saturated rings. The Morgan fingerprint density at radius 3 is 2.59 bits per heavy atom. The Kier molecular flexibility index (Phi) is 7.83. The van der Waals surface area contributed by atoms with Crippen molar-refractivity contribution in [2.45, 2.75) is 52.5 Å². The summed E-state index contributed by atoms with van der Waals surface area (Å²) in [7, 11) is 0. The van der Waals surface area contributed by atoms with E-state index in [1.807, 2.05) is 39.0 Å². The molecule has 4 rings (SSSR count). The maximum absolute atomic E-state index is 13.2. The average Bonchev–Trinajstić information content (AvgIpc) is 3.35. The van der Waals surface area contributed by atoms with Crippen LogP contribution in [0.15, 0.2) is 42.5 Å². The third-order valence-electron chi connectivity index (χ3n) is 6.72. The highest BCUT2D eigenvalue weighted by molar-refractivity contribution is 6.35. The maximum atomic E-state index is 13.2. The predicted molar refractivity (Wildman–Crippen MR) is 146 cm³/mol. The number of carbonyl (C=O) groups excluding carboxylic acids is 2. The second-order valence-electron chi connectivity index (χ2n) is 9.13. The van der Waals surface area contributed by atoms with E-state index in [0.717, 1.165) is 28.1 Å². The lowest BCUT2D eigenvalue weighted by Crippen LogP contribution is -2.28. The molecule has 0 aliphatic carbocycles. The summed E-state index contributed by atoms with van der Waals surface area (Å²) >= 11 is 6.14. The Morgan fingerprint density at radius 2 is 1.92 bits per heavy atom. The van der Waals surface area contributed by atoms with Gasteiger partial charge in [-0.05, 0) is 79.3 Å². The first-order chi connectivity index (χ1) is 17.7. The number of hydrogen-bond acceptors (Lipinski definition) is 3. The number of carboxylic acids is 1. The SMILES string of the molecule is CCc1c(/C=C2\C(=O)Nc3ccc(C(=O)NC(CC)c4cccc(Cl)c4)cc32)[nH]c(C)c1CCC(=O)O. The molecule has 2 aromatic carbocycles. The molecule has 2 heterocycles. The van der Waals surface area contributed by atoms with Crippen LogP contribution in [0.2, 0.25) is 5.02 Å². The van der Waals surface area contributed by atoms with Crippen LogP contribution in [0.4, 0.5) is 5.69 Å². The lowest BCUT2D eigenvalue weighted by Gasteiger charge is -2.18. The Bertz CT molecular complexity index is 1410. The minimum atomic E-state index is -0.849. The zero-order valence-electron chi connectivity index (χ0n) is 21.1. The quantitative estimate of drug-likeness (QED) is 0.262. The number of halogens is 1. The number of carboxylic acid groups (broad SMARTS) is 1. The minimum absolute atomic E-state index is 0.0391. The van der Waals surface area contributed by atoms with Crippen molar-refractivity contribution in [1.82, 2.24) is 10.3 Å². The molecule has 1 atom stereocenters. The number of benzene rings is 2. The molecule has 1 aliphatic heterocycles. The number of amides is 2. The summed E-state index contributed by atoms with van der Waals surface area (Å²) in [6.07, 6.45) is 3.63. The topological polar surface area (TPSA) is 111 Å². The van der Waals surface area contributed by atoms with E-state index in [-0.39, 0.29) is 24.3 Å².